The summed E-state index contributed by atoms with van der Waals surface area (Å²) in [6.45, 7) is 0. The molecule has 0 fully saturated rings. The van der Waals surface area contributed by atoms with Crippen molar-refractivity contribution in [1.82, 2.24) is 0 Å². The second kappa shape index (κ2) is 6.65. The van der Waals surface area contributed by atoms with Gasteiger partial charge in [0.1, 0.15) is 0 Å². The van der Waals surface area contributed by atoms with Crippen LogP contribution in [0.25, 0.3) is 22.3 Å². The summed E-state index contributed by atoms with van der Waals surface area (Å²) in [5.41, 5.74) is 4.17. The first-order valence-electron chi connectivity index (χ1n) is 7.06. The molecule has 0 N–H and O–H groups in total. The van der Waals surface area contributed by atoms with Crippen molar-refractivity contribution in [2.24, 2.45) is 0 Å². The van der Waals surface area contributed by atoms with Gasteiger partial charge in [-0.3, -0.25) is 0 Å². The number of benzene rings is 3. The Hall–Kier alpha value is -2.28. The van der Waals surface area contributed by atoms with Crippen molar-refractivity contribution in [3.8, 4) is 22.3 Å². The molecule has 0 spiro atoms. The van der Waals surface area contributed by atoms with Crippen LogP contribution in [-0.4, -0.2) is 7.11 Å². The van der Waals surface area contributed by atoms with E-state index in [0.717, 1.165) is 27.6 Å². The average Bonchev–Trinajstić information content (AvgIpc) is 2.62. The Bertz CT molecular complexity index is 783. The van der Waals surface area contributed by atoms with Crippen LogP contribution in [0, 0.1) is 0 Å². The van der Waals surface area contributed by atoms with E-state index in [1.807, 2.05) is 60.7 Å². The lowest BCUT2D eigenvalue weighted by Crippen LogP contribution is -2.04. The predicted octanol–water partition coefficient (Wildman–Crippen LogP) is 5.03. The van der Waals surface area contributed by atoms with E-state index in [0.29, 0.717) is 0 Å². The molecule has 0 amide bonds. The maximum Gasteiger partial charge on any atom is 0.549 e. The molecule has 0 aliphatic carbocycles. The van der Waals surface area contributed by atoms with Crippen LogP contribution >= 0.6 is 8.03 Å². The summed E-state index contributed by atoms with van der Waals surface area (Å²) < 4.78 is 17.4. The monoisotopic (exact) mass is 307 g/mol. The third-order valence-corrected chi connectivity index (χ3v) is 4.65. The van der Waals surface area contributed by atoms with E-state index >= 15 is 0 Å². The van der Waals surface area contributed by atoms with Crippen molar-refractivity contribution >= 4 is 13.3 Å². The van der Waals surface area contributed by atoms with Crippen LogP contribution in [0.4, 0.5) is 0 Å². The summed E-state index contributed by atoms with van der Waals surface area (Å²) in [4.78, 5) is 0. The van der Waals surface area contributed by atoms with Gasteiger partial charge in [0.15, 0.2) is 0 Å². The highest BCUT2D eigenvalue weighted by Crippen LogP contribution is 2.36. The summed E-state index contributed by atoms with van der Waals surface area (Å²) in [5.74, 6) is 0. The Morgan fingerprint density at radius 1 is 0.727 bits per heavy atom. The molecular weight excluding hydrogens is 291 g/mol. The van der Waals surface area contributed by atoms with E-state index in [2.05, 4.69) is 18.2 Å². The molecule has 22 heavy (non-hydrogen) atoms. The van der Waals surface area contributed by atoms with Crippen molar-refractivity contribution in [3.63, 3.8) is 0 Å². The molecule has 2 nitrogen and oxygen atoms in total. The summed E-state index contributed by atoms with van der Waals surface area (Å²) >= 11 is 0. The fourth-order valence-corrected chi connectivity index (χ4v) is 3.39. The summed E-state index contributed by atoms with van der Waals surface area (Å²) in [6, 6.07) is 26.0. The second-order valence-corrected chi connectivity index (χ2v) is 6.23. The highest BCUT2D eigenvalue weighted by atomic mass is 31.1. The first-order valence-corrected chi connectivity index (χ1v) is 8.24. The zero-order valence-electron chi connectivity index (χ0n) is 12.3. The van der Waals surface area contributed by atoms with Gasteiger partial charge in [0.25, 0.3) is 0 Å². The Morgan fingerprint density at radius 3 is 1.91 bits per heavy atom. The van der Waals surface area contributed by atoms with Crippen LogP contribution in [0.5, 0.6) is 0 Å². The zero-order chi connectivity index (χ0) is 15.4. The quantitative estimate of drug-likeness (QED) is 0.632. The maximum atomic E-state index is 12.3. The molecule has 0 saturated heterocycles. The molecule has 0 radical (unpaired) electrons. The highest BCUT2D eigenvalue weighted by Gasteiger charge is 2.27. The normalized spacial score (nSPS) is 11.2. The molecule has 3 rings (SSSR count). The molecule has 0 aliphatic rings. The van der Waals surface area contributed by atoms with Gasteiger partial charge >= 0.3 is 8.03 Å². The lowest BCUT2D eigenvalue weighted by Gasteiger charge is -2.10. The maximum absolute atomic E-state index is 12.3. The van der Waals surface area contributed by atoms with E-state index in [1.54, 1.807) is 0 Å². The van der Waals surface area contributed by atoms with Gasteiger partial charge < -0.3 is 0 Å². The largest absolute Gasteiger partial charge is 0.549 e. The van der Waals surface area contributed by atoms with E-state index in [9.17, 15) is 4.57 Å². The van der Waals surface area contributed by atoms with Gasteiger partial charge in [-0.1, -0.05) is 72.8 Å². The Kier molecular flexibility index (Phi) is 4.43. The van der Waals surface area contributed by atoms with Gasteiger partial charge in [-0.25, -0.2) is 0 Å². The van der Waals surface area contributed by atoms with Crippen LogP contribution in [0.1, 0.15) is 0 Å². The molecule has 3 aromatic carbocycles. The third kappa shape index (κ3) is 2.85. The third-order valence-electron chi connectivity index (χ3n) is 3.55. The fraction of sp³-hybridized carbons (Fsp3) is 0.0526. The van der Waals surface area contributed by atoms with Crippen molar-refractivity contribution in [3.05, 3.63) is 78.9 Å². The van der Waals surface area contributed by atoms with Crippen molar-refractivity contribution in [2.75, 3.05) is 7.11 Å². The average molecular weight is 307 g/mol. The first kappa shape index (κ1) is 14.6. The highest BCUT2D eigenvalue weighted by molar-refractivity contribution is 7.48. The molecule has 0 bridgehead atoms. The van der Waals surface area contributed by atoms with Gasteiger partial charge in [0, 0.05) is 5.56 Å². The molecule has 1 unspecified atom stereocenters. The van der Waals surface area contributed by atoms with Crippen LogP contribution < -0.4 is 5.30 Å². The molecule has 1 atom stereocenters. The minimum atomic E-state index is -1.87. The first-order chi connectivity index (χ1) is 10.8. The number of hydrogen-bond acceptors (Lipinski definition) is 2. The van der Waals surface area contributed by atoms with Gasteiger partial charge in [-0.2, -0.15) is 0 Å². The van der Waals surface area contributed by atoms with Crippen LogP contribution in [0.2, 0.25) is 0 Å². The fourth-order valence-electron chi connectivity index (χ4n) is 2.56. The topological polar surface area (TPSA) is 26.3 Å². The molecule has 3 aromatic rings. The van der Waals surface area contributed by atoms with Gasteiger partial charge in [-0.15, -0.1) is 4.52 Å². The molecular formula is C19H16O2P+. The van der Waals surface area contributed by atoms with Crippen molar-refractivity contribution in [2.45, 2.75) is 0 Å². The molecule has 3 heteroatoms. The minimum absolute atomic E-state index is 0.727. The van der Waals surface area contributed by atoms with Crippen LogP contribution in [0.3, 0.4) is 0 Å². The molecule has 0 heterocycles. The molecule has 0 aromatic heterocycles. The number of hydrogen-bond donors (Lipinski definition) is 0. The SMILES string of the molecule is CO[P+](=O)c1cccc(-c2ccccc2)c1-c1ccccc1. The second-order valence-electron chi connectivity index (χ2n) is 4.87. The van der Waals surface area contributed by atoms with Crippen molar-refractivity contribution in [1.29, 1.82) is 0 Å². The standard InChI is InChI=1S/C19H16O2P/c1-21-22(20)18-14-8-13-17(15-9-4-2-5-10-15)19(18)16-11-6-3-7-12-16/h2-14H,1H3/q+1. The smallest absolute Gasteiger partial charge is 0.145 e. The Labute approximate surface area is 131 Å². The molecule has 0 saturated carbocycles. The molecule has 0 aliphatic heterocycles. The van der Waals surface area contributed by atoms with Crippen LogP contribution in [0.15, 0.2) is 78.9 Å². The van der Waals surface area contributed by atoms with Gasteiger partial charge in [0.05, 0.1) is 7.11 Å². The Balaban J connectivity index is 2.29. The van der Waals surface area contributed by atoms with Gasteiger partial charge in [-0.05, 0) is 27.3 Å². The zero-order valence-corrected chi connectivity index (χ0v) is 13.2. The van der Waals surface area contributed by atoms with Gasteiger partial charge in [0.2, 0.25) is 5.30 Å². The predicted molar refractivity (Wildman–Crippen MR) is 91.6 cm³/mol. The van der Waals surface area contributed by atoms with E-state index in [-0.39, 0.29) is 0 Å². The lowest BCUT2D eigenvalue weighted by molar-refractivity contribution is 0.423. The van der Waals surface area contributed by atoms with Crippen molar-refractivity contribution < 1.29 is 9.09 Å². The van der Waals surface area contributed by atoms with E-state index < -0.39 is 8.03 Å². The summed E-state index contributed by atoms with van der Waals surface area (Å²) in [5, 5.41) is 0.727. The number of rotatable bonds is 4. The lowest BCUT2D eigenvalue weighted by atomic mass is 9.94. The summed E-state index contributed by atoms with van der Waals surface area (Å²) in [6.07, 6.45) is 0. The van der Waals surface area contributed by atoms with E-state index in [4.69, 9.17) is 4.52 Å². The van der Waals surface area contributed by atoms with E-state index in [1.165, 1.54) is 7.11 Å². The Morgan fingerprint density at radius 2 is 1.32 bits per heavy atom. The minimum Gasteiger partial charge on any atom is -0.145 e. The summed E-state index contributed by atoms with van der Waals surface area (Å²) in [7, 11) is -0.400. The van der Waals surface area contributed by atoms with Crippen LogP contribution in [-0.2, 0) is 9.09 Å². The molecule has 108 valence electrons.